The molecule has 0 unspecified atom stereocenters. The van der Waals surface area contributed by atoms with Gasteiger partial charge in [0.15, 0.2) is 0 Å². The van der Waals surface area contributed by atoms with Gasteiger partial charge in [-0.2, -0.15) is 0 Å². The highest BCUT2D eigenvalue weighted by Crippen LogP contribution is 2.18. The number of aliphatic hydroxyl groups is 1. The van der Waals surface area contributed by atoms with Crippen LogP contribution in [0.25, 0.3) is 5.57 Å². The quantitative estimate of drug-likeness (QED) is 0.831. The molecule has 2 rings (SSSR count). The summed E-state index contributed by atoms with van der Waals surface area (Å²) in [5.74, 6) is -0.439. The van der Waals surface area contributed by atoms with Gasteiger partial charge in [0.25, 0.3) is 0 Å². The molecule has 1 N–H and O–H groups in total. The summed E-state index contributed by atoms with van der Waals surface area (Å²) in [7, 11) is 0. The van der Waals surface area contributed by atoms with Crippen molar-refractivity contribution in [3.8, 4) is 0 Å². The molecular weight excluding hydrogens is 245 g/mol. The average Bonchev–Trinajstić information content (AvgIpc) is 2.39. The Morgan fingerprint density at radius 1 is 1.37 bits per heavy atom. The number of carbonyl (C=O) groups excluding carboxylic acids is 1. The lowest BCUT2D eigenvalue weighted by molar-refractivity contribution is -0.127. The van der Waals surface area contributed by atoms with E-state index in [0.717, 1.165) is 0 Å². The van der Waals surface area contributed by atoms with Crippen molar-refractivity contribution in [2.45, 2.75) is 25.9 Å². The van der Waals surface area contributed by atoms with E-state index in [1.165, 1.54) is 12.1 Å². The smallest absolute Gasteiger partial charge is 0.246 e. The Labute approximate surface area is 112 Å². The third kappa shape index (κ3) is 3.41. The highest BCUT2D eigenvalue weighted by atomic mass is 19.1. The van der Waals surface area contributed by atoms with Crippen LogP contribution in [-0.2, 0) is 4.79 Å². The molecule has 0 aliphatic carbocycles. The lowest BCUT2D eigenvalue weighted by atomic mass is 10.0. The summed E-state index contributed by atoms with van der Waals surface area (Å²) < 4.78 is 13.6. The highest BCUT2D eigenvalue weighted by Gasteiger charge is 2.20. The number of benzene rings is 1. The molecule has 3 nitrogen and oxygen atoms in total. The van der Waals surface area contributed by atoms with Gasteiger partial charge in [0.2, 0.25) is 5.91 Å². The van der Waals surface area contributed by atoms with E-state index in [-0.39, 0.29) is 17.8 Å². The maximum Gasteiger partial charge on any atom is 0.246 e. The predicted molar refractivity (Wildman–Crippen MR) is 71.9 cm³/mol. The number of nitrogens with zero attached hydrogens (tertiary/aromatic N) is 1. The SMILES string of the molecule is CC(=CC(=O)N1CCC(O)CC1)c1ccccc1F. The molecule has 19 heavy (non-hydrogen) atoms. The second-order valence-electron chi connectivity index (χ2n) is 4.86. The lowest BCUT2D eigenvalue weighted by Gasteiger charge is -2.28. The lowest BCUT2D eigenvalue weighted by Crippen LogP contribution is -2.39. The summed E-state index contributed by atoms with van der Waals surface area (Å²) in [6.07, 6.45) is 2.38. The van der Waals surface area contributed by atoms with Crippen molar-refractivity contribution in [3.05, 3.63) is 41.7 Å². The maximum atomic E-state index is 13.6. The van der Waals surface area contributed by atoms with Crippen molar-refractivity contribution >= 4 is 11.5 Å². The van der Waals surface area contributed by atoms with Gasteiger partial charge in [-0.25, -0.2) is 4.39 Å². The number of halogens is 1. The topological polar surface area (TPSA) is 40.5 Å². The molecule has 1 saturated heterocycles. The van der Waals surface area contributed by atoms with Crippen LogP contribution in [0.5, 0.6) is 0 Å². The van der Waals surface area contributed by atoms with Crippen LogP contribution in [0.3, 0.4) is 0 Å². The van der Waals surface area contributed by atoms with Gasteiger partial charge in [0, 0.05) is 24.7 Å². The number of carbonyl (C=O) groups is 1. The van der Waals surface area contributed by atoms with Gasteiger partial charge in [-0.3, -0.25) is 4.79 Å². The van der Waals surface area contributed by atoms with Crippen molar-refractivity contribution in [1.82, 2.24) is 4.90 Å². The molecule has 0 atom stereocenters. The zero-order valence-corrected chi connectivity index (χ0v) is 11.0. The van der Waals surface area contributed by atoms with Crippen molar-refractivity contribution in [1.29, 1.82) is 0 Å². The van der Waals surface area contributed by atoms with Crippen molar-refractivity contribution in [3.63, 3.8) is 0 Å². The Balaban J connectivity index is 2.08. The van der Waals surface area contributed by atoms with Crippen LogP contribution in [-0.4, -0.2) is 35.1 Å². The Bertz CT molecular complexity index is 491. The van der Waals surface area contributed by atoms with Crippen LogP contribution in [0.15, 0.2) is 30.3 Å². The zero-order chi connectivity index (χ0) is 13.8. The Hall–Kier alpha value is -1.68. The number of amides is 1. The molecule has 0 radical (unpaired) electrons. The fourth-order valence-electron chi connectivity index (χ4n) is 2.22. The number of hydrogen-bond donors (Lipinski definition) is 1. The number of piperidine rings is 1. The van der Waals surface area contributed by atoms with E-state index < -0.39 is 0 Å². The molecule has 0 aromatic heterocycles. The van der Waals surface area contributed by atoms with Gasteiger partial charge in [-0.1, -0.05) is 18.2 Å². The van der Waals surface area contributed by atoms with Gasteiger partial charge in [0.05, 0.1) is 6.10 Å². The summed E-state index contributed by atoms with van der Waals surface area (Å²) in [5, 5.41) is 9.40. The van der Waals surface area contributed by atoms with Crippen molar-refractivity contribution in [2.75, 3.05) is 13.1 Å². The van der Waals surface area contributed by atoms with Crippen molar-refractivity contribution < 1.29 is 14.3 Å². The van der Waals surface area contributed by atoms with Crippen LogP contribution < -0.4 is 0 Å². The summed E-state index contributed by atoms with van der Waals surface area (Å²) >= 11 is 0. The Kier molecular flexibility index (Phi) is 4.32. The molecular formula is C15H18FNO2. The minimum absolute atomic E-state index is 0.118. The minimum Gasteiger partial charge on any atom is -0.393 e. The Morgan fingerprint density at radius 3 is 2.63 bits per heavy atom. The van der Waals surface area contributed by atoms with E-state index in [4.69, 9.17) is 0 Å². The molecule has 0 spiro atoms. The third-order valence-electron chi connectivity index (χ3n) is 3.41. The van der Waals surface area contributed by atoms with Crippen LogP contribution in [0.2, 0.25) is 0 Å². The van der Waals surface area contributed by atoms with E-state index in [1.807, 2.05) is 0 Å². The minimum atomic E-state index is -0.321. The standard InChI is InChI=1S/C15H18FNO2/c1-11(13-4-2-3-5-14(13)16)10-15(19)17-8-6-12(18)7-9-17/h2-5,10,12,18H,6-9H2,1H3. The average molecular weight is 263 g/mol. The molecule has 1 fully saturated rings. The molecule has 1 aromatic carbocycles. The van der Waals surface area contributed by atoms with Gasteiger partial charge in [0.1, 0.15) is 5.82 Å². The zero-order valence-electron chi connectivity index (χ0n) is 11.0. The van der Waals surface area contributed by atoms with Crippen LogP contribution in [0.4, 0.5) is 4.39 Å². The second-order valence-corrected chi connectivity index (χ2v) is 4.86. The number of allylic oxidation sites excluding steroid dienone is 1. The van der Waals surface area contributed by atoms with Crippen LogP contribution >= 0.6 is 0 Å². The molecule has 1 aromatic rings. The Morgan fingerprint density at radius 2 is 2.00 bits per heavy atom. The number of likely N-dealkylation sites (tertiary alicyclic amines) is 1. The molecule has 1 amide bonds. The molecule has 1 aliphatic heterocycles. The van der Waals surface area contributed by atoms with Crippen LogP contribution in [0.1, 0.15) is 25.3 Å². The summed E-state index contributed by atoms with van der Waals surface area (Å²) in [4.78, 5) is 13.7. The van der Waals surface area contributed by atoms with Gasteiger partial charge in [-0.05, 0) is 31.4 Å². The first-order valence-corrected chi connectivity index (χ1v) is 6.48. The highest BCUT2D eigenvalue weighted by molar-refractivity contribution is 5.95. The van der Waals surface area contributed by atoms with E-state index in [9.17, 15) is 14.3 Å². The largest absolute Gasteiger partial charge is 0.393 e. The maximum absolute atomic E-state index is 13.6. The normalized spacial score (nSPS) is 17.6. The van der Waals surface area contributed by atoms with Crippen LogP contribution in [0, 0.1) is 5.82 Å². The number of aliphatic hydroxyl groups excluding tert-OH is 1. The summed E-state index contributed by atoms with van der Waals surface area (Å²) in [6.45, 7) is 2.84. The van der Waals surface area contributed by atoms with Crippen molar-refractivity contribution in [2.24, 2.45) is 0 Å². The monoisotopic (exact) mass is 263 g/mol. The third-order valence-corrected chi connectivity index (χ3v) is 3.41. The summed E-state index contributed by atoms with van der Waals surface area (Å²) in [6, 6.07) is 6.42. The first-order chi connectivity index (χ1) is 9.08. The van der Waals surface area contributed by atoms with Gasteiger partial charge in [-0.15, -0.1) is 0 Å². The molecule has 4 heteroatoms. The molecule has 1 aliphatic rings. The first kappa shape index (κ1) is 13.7. The van der Waals surface area contributed by atoms with E-state index in [1.54, 1.807) is 30.0 Å². The van der Waals surface area contributed by atoms with E-state index >= 15 is 0 Å². The fourth-order valence-corrected chi connectivity index (χ4v) is 2.22. The van der Waals surface area contributed by atoms with E-state index in [2.05, 4.69) is 0 Å². The summed E-state index contributed by atoms with van der Waals surface area (Å²) in [5.41, 5.74) is 1.07. The first-order valence-electron chi connectivity index (χ1n) is 6.48. The van der Waals surface area contributed by atoms with Gasteiger partial charge >= 0.3 is 0 Å². The molecule has 1 heterocycles. The van der Waals surface area contributed by atoms with Gasteiger partial charge < -0.3 is 10.0 Å². The second kappa shape index (κ2) is 5.97. The molecule has 102 valence electrons. The number of rotatable bonds is 2. The fraction of sp³-hybridized carbons (Fsp3) is 0.400. The predicted octanol–water partition coefficient (Wildman–Crippen LogP) is 2.21. The molecule has 0 saturated carbocycles. The number of hydrogen-bond acceptors (Lipinski definition) is 2. The van der Waals surface area contributed by atoms with E-state index in [0.29, 0.717) is 37.1 Å². The molecule has 0 bridgehead atoms.